The van der Waals surface area contributed by atoms with Crippen molar-refractivity contribution in [3.05, 3.63) is 0 Å². The number of nitrogens with zero attached hydrogens (tertiary/aromatic N) is 2. The molecule has 0 amide bonds. The van der Waals surface area contributed by atoms with E-state index in [0.717, 1.165) is 0 Å². The zero-order valence-electron chi connectivity index (χ0n) is 14.4. The van der Waals surface area contributed by atoms with Gasteiger partial charge in [-0.2, -0.15) is 0 Å². The summed E-state index contributed by atoms with van der Waals surface area (Å²) in [6.45, 7) is 14.5. The fraction of sp³-hybridized carbons (Fsp3) is 1.00. The SMILES string of the molecule is CCOP(=O)(CP(=O)(N(CC)CC)N(CC)CC)OCC. The van der Waals surface area contributed by atoms with Crippen molar-refractivity contribution in [3.8, 4) is 0 Å². The maximum absolute atomic E-state index is 13.6. The van der Waals surface area contributed by atoms with Gasteiger partial charge in [0.1, 0.15) is 5.90 Å². The Balaban J connectivity index is 5.58. The van der Waals surface area contributed by atoms with Crippen LogP contribution in [0.25, 0.3) is 0 Å². The monoisotopic (exact) mass is 342 g/mol. The average molecular weight is 342 g/mol. The third-order valence-electron chi connectivity index (χ3n) is 3.35. The first-order valence-corrected chi connectivity index (χ1v) is 11.4. The summed E-state index contributed by atoms with van der Waals surface area (Å²) in [5.41, 5.74) is 0. The molecule has 0 bridgehead atoms. The number of rotatable bonds is 12. The average Bonchev–Trinajstić information content (AvgIpc) is 2.41. The molecule has 0 fully saturated rings. The van der Waals surface area contributed by atoms with E-state index in [4.69, 9.17) is 9.05 Å². The molecule has 0 saturated heterocycles. The van der Waals surface area contributed by atoms with Crippen LogP contribution in [0.3, 0.4) is 0 Å². The summed E-state index contributed by atoms with van der Waals surface area (Å²) >= 11 is 0. The molecule has 6 nitrogen and oxygen atoms in total. The second-order valence-electron chi connectivity index (χ2n) is 4.53. The molecule has 0 spiro atoms. The predicted octanol–water partition coefficient (Wildman–Crippen LogP) is 4.09. The van der Waals surface area contributed by atoms with E-state index in [9.17, 15) is 9.13 Å². The first-order valence-electron chi connectivity index (χ1n) is 7.85. The van der Waals surface area contributed by atoms with Gasteiger partial charge in [-0.3, -0.25) is 9.13 Å². The summed E-state index contributed by atoms with van der Waals surface area (Å²) in [6.07, 6.45) is 0. The lowest BCUT2D eigenvalue weighted by molar-refractivity contribution is 0.222. The Morgan fingerprint density at radius 2 is 1.05 bits per heavy atom. The molecule has 0 aliphatic carbocycles. The lowest BCUT2D eigenvalue weighted by Gasteiger charge is -2.38. The fourth-order valence-corrected chi connectivity index (χ4v) is 9.30. The van der Waals surface area contributed by atoms with E-state index in [0.29, 0.717) is 26.2 Å². The Morgan fingerprint density at radius 3 is 1.29 bits per heavy atom. The van der Waals surface area contributed by atoms with Crippen LogP contribution in [0.2, 0.25) is 0 Å². The summed E-state index contributed by atoms with van der Waals surface area (Å²) in [7, 11) is -6.31. The Bertz CT molecular complexity index is 345. The van der Waals surface area contributed by atoms with Crippen molar-refractivity contribution in [2.75, 3.05) is 45.3 Å². The van der Waals surface area contributed by atoms with Crippen LogP contribution < -0.4 is 0 Å². The van der Waals surface area contributed by atoms with E-state index in [1.54, 1.807) is 13.8 Å². The maximum Gasteiger partial charge on any atom is 0.340 e. The lowest BCUT2D eigenvalue weighted by atomic mass is 10.7. The summed E-state index contributed by atoms with van der Waals surface area (Å²) in [4.78, 5) is 0. The first-order chi connectivity index (χ1) is 9.87. The minimum Gasteiger partial charge on any atom is -0.308 e. The van der Waals surface area contributed by atoms with Crippen LogP contribution in [0.1, 0.15) is 41.5 Å². The number of hydrogen-bond acceptors (Lipinski definition) is 4. The second-order valence-corrected chi connectivity index (χ2v) is 9.86. The van der Waals surface area contributed by atoms with Gasteiger partial charge in [0.05, 0.1) is 13.2 Å². The van der Waals surface area contributed by atoms with E-state index in [1.165, 1.54) is 0 Å². The third-order valence-corrected chi connectivity index (χ3v) is 10.4. The predicted molar refractivity (Wildman–Crippen MR) is 89.2 cm³/mol. The van der Waals surface area contributed by atoms with Crippen molar-refractivity contribution >= 4 is 15.0 Å². The van der Waals surface area contributed by atoms with Gasteiger partial charge in [0.25, 0.3) is 0 Å². The molecule has 0 radical (unpaired) electrons. The molecule has 0 aromatic carbocycles. The van der Waals surface area contributed by atoms with Gasteiger partial charge >= 0.3 is 7.60 Å². The van der Waals surface area contributed by atoms with Crippen molar-refractivity contribution in [1.29, 1.82) is 0 Å². The molecule has 8 heteroatoms. The van der Waals surface area contributed by atoms with Gasteiger partial charge < -0.3 is 9.05 Å². The highest BCUT2D eigenvalue weighted by atomic mass is 31.2. The van der Waals surface area contributed by atoms with Gasteiger partial charge in [0, 0.05) is 26.2 Å². The molecule has 21 heavy (non-hydrogen) atoms. The van der Waals surface area contributed by atoms with Crippen LogP contribution in [0.15, 0.2) is 0 Å². The normalized spacial score (nSPS) is 13.3. The highest BCUT2D eigenvalue weighted by molar-refractivity contribution is 7.74. The van der Waals surface area contributed by atoms with E-state index < -0.39 is 15.0 Å². The van der Waals surface area contributed by atoms with Crippen molar-refractivity contribution in [1.82, 2.24) is 9.34 Å². The topological polar surface area (TPSA) is 59.1 Å². The molecule has 0 aliphatic rings. The lowest BCUT2D eigenvalue weighted by Crippen LogP contribution is -2.33. The summed E-state index contributed by atoms with van der Waals surface area (Å²) < 4.78 is 40.9. The van der Waals surface area contributed by atoms with Crippen LogP contribution in [-0.4, -0.2) is 54.6 Å². The van der Waals surface area contributed by atoms with Gasteiger partial charge in [0.2, 0.25) is 7.44 Å². The summed E-state index contributed by atoms with van der Waals surface area (Å²) in [5, 5.41) is 0. The van der Waals surface area contributed by atoms with E-state index in [1.807, 2.05) is 37.0 Å². The molecule has 0 aromatic heterocycles. The molecule has 0 heterocycles. The van der Waals surface area contributed by atoms with E-state index in [-0.39, 0.29) is 19.1 Å². The zero-order valence-corrected chi connectivity index (χ0v) is 16.2. The Hall–Kier alpha value is 0.300. The first kappa shape index (κ1) is 21.3. The molecular weight excluding hydrogens is 310 g/mol. The molecule has 0 saturated carbocycles. The van der Waals surface area contributed by atoms with Gasteiger partial charge in [0.15, 0.2) is 0 Å². The highest BCUT2D eigenvalue weighted by Crippen LogP contribution is 2.65. The molecule has 0 rings (SSSR count). The standard InChI is InChI=1S/C13H32N2O4P2/c1-7-14(8-2)20(16,15(9-3)10-4)13-21(17,18-11-5)19-12-6/h7-13H2,1-6H3. The number of hydrogen-bond donors (Lipinski definition) is 0. The van der Waals surface area contributed by atoms with Crippen molar-refractivity contribution in [2.45, 2.75) is 41.5 Å². The van der Waals surface area contributed by atoms with Gasteiger partial charge in [-0.05, 0) is 13.8 Å². The Labute approximate surface area is 130 Å². The largest absolute Gasteiger partial charge is 0.340 e. The Morgan fingerprint density at radius 1 is 0.714 bits per heavy atom. The minimum atomic E-state index is -3.35. The zero-order chi connectivity index (χ0) is 16.5. The molecular formula is C13H32N2O4P2. The van der Waals surface area contributed by atoms with Crippen LogP contribution in [0.4, 0.5) is 0 Å². The van der Waals surface area contributed by atoms with Crippen molar-refractivity contribution in [3.63, 3.8) is 0 Å². The maximum atomic E-state index is 13.6. The third kappa shape index (κ3) is 5.78. The summed E-state index contributed by atoms with van der Waals surface area (Å²) in [6, 6.07) is 0. The molecule has 0 aromatic rings. The van der Waals surface area contributed by atoms with Crippen molar-refractivity contribution < 1.29 is 18.2 Å². The molecule has 0 aliphatic heterocycles. The summed E-state index contributed by atoms with van der Waals surface area (Å²) in [5.74, 6) is -0.0506. The van der Waals surface area contributed by atoms with Crippen LogP contribution >= 0.6 is 15.0 Å². The smallest absolute Gasteiger partial charge is 0.308 e. The second kappa shape index (κ2) is 10.1. The Kier molecular flexibility index (Phi) is 10.3. The quantitative estimate of drug-likeness (QED) is 0.498. The van der Waals surface area contributed by atoms with Gasteiger partial charge in [-0.25, -0.2) is 9.34 Å². The molecule has 0 unspecified atom stereocenters. The van der Waals surface area contributed by atoms with Crippen LogP contribution in [0, 0.1) is 0 Å². The minimum absolute atomic E-state index is 0.0506. The van der Waals surface area contributed by atoms with Crippen LogP contribution in [0.5, 0.6) is 0 Å². The van der Waals surface area contributed by atoms with E-state index in [2.05, 4.69) is 0 Å². The molecule has 128 valence electrons. The van der Waals surface area contributed by atoms with Crippen LogP contribution in [-0.2, 0) is 18.2 Å². The molecule has 0 atom stereocenters. The van der Waals surface area contributed by atoms with Gasteiger partial charge in [-0.1, -0.05) is 27.7 Å². The molecule has 0 N–H and O–H groups in total. The van der Waals surface area contributed by atoms with Crippen molar-refractivity contribution in [2.24, 2.45) is 0 Å². The fourth-order valence-electron chi connectivity index (χ4n) is 2.43. The highest BCUT2D eigenvalue weighted by Gasteiger charge is 2.42. The van der Waals surface area contributed by atoms with Gasteiger partial charge in [-0.15, -0.1) is 0 Å². The van der Waals surface area contributed by atoms with E-state index >= 15 is 0 Å².